The topological polar surface area (TPSA) is 88.8 Å². The van der Waals surface area contributed by atoms with Crippen molar-refractivity contribution in [3.8, 4) is 0 Å². The quantitative estimate of drug-likeness (QED) is 0.349. The van der Waals surface area contributed by atoms with Crippen LogP contribution in [0.25, 0.3) is 0 Å². The number of nitro groups is 1. The number of unbranched alkanes of at least 4 members (excludes halogenated alkanes) is 1. The van der Waals surface area contributed by atoms with E-state index < -0.39 is 4.92 Å². The molecule has 0 amide bonds. The lowest BCUT2D eigenvalue weighted by Gasteiger charge is -2.16. The van der Waals surface area contributed by atoms with Crippen LogP contribution in [0.2, 0.25) is 0 Å². The standard InChI is InChI=1S/C16H28N4O3S/c1-18(2)9-5-4-6-14-7-8-15(23-14)13-24-11-10-19(3)16(17)12-20(21)22/h7-8,12H,4-6,9-11,13,17H2,1-3H3. The van der Waals surface area contributed by atoms with Crippen LogP contribution in [0.15, 0.2) is 28.6 Å². The van der Waals surface area contributed by atoms with E-state index in [4.69, 9.17) is 10.2 Å². The minimum absolute atomic E-state index is 0.165. The Morgan fingerprint density at radius 1 is 1.29 bits per heavy atom. The minimum atomic E-state index is -0.540. The highest BCUT2D eigenvalue weighted by atomic mass is 32.2. The smallest absolute Gasteiger partial charge is 0.274 e. The van der Waals surface area contributed by atoms with E-state index >= 15 is 0 Å². The summed E-state index contributed by atoms with van der Waals surface area (Å²) < 4.78 is 5.82. The summed E-state index contributed by atoms with van der Waals surface area (Å²) in [6.07, 6.45) is 4.09. The maximum absolute atomic E-state index is 10.4. The van der Waals surface area contributed by atoms with Gasteiger partial charge in [-0.3, -0.25) is 10.1 Å². The van der Waals surface area contributed by atoms with Crippen LogP contribution in [0, 0.1) is 10.1 Å². The van der Waals surface area contributed by atoms with Crippen molar-refractivity contribution in [1.29, 1.82) is 0 Å². The first-order valence-corrected chi connectivity index (χ1v) is 9.16. The largest absolute Gasteiger partial charge is 0.465 e. The summed E-state index contributed by atoms with van der Waals surface area (Å²) in [5, 5.41) is 10.4. The van der Waals surface area contributed by atoms with E-state index in [9.17, 15) is 10.1 Å². The van der Waals surface area contributed by atoms with E-state index in [2.05, 4.69) is 25.1 Å². The average Bonchev–Trinajstić information content (AvgIpc) is 2.94. The van der Waals surface area contributed by atoms with Crippen molar-refractivity contribution in [1.82, 2.24) is 9.80 Å². The van der Waals surface area contributed by atoms with Crippen molar-refractivity contribution in [3.05, 3.63) is 45.8 Å². The number of furan rings is 1. The molecule has 0 fully saturated rings. The molecule has 1 aromatic rings. The molecule has 0 aliphatic carbocycles. The predicted octanol–water partition coefficient (Wildman–Crippen LogP) is 2.36. The Bertz CT molecular complexity index is 531. The summed E-state index contributed by atoms with van der Waals surface area (Å²) in [4.78, 5) is 13.7. The Balaban J connectivity index is 2.21. The summed E-state index contributed by atoms with van der Waals surface area (Å²) in [5.41, 5.74) is 5.61. The van der Waals surface area contributed by atoms with Crippen LogP contribution in [-0.2, 0) is 12.2 Å². The maximum atomic E-state index is 10.4. The van der Waals surface area contributed by atoms with E-state index in [1.54, 1.807) is 23.7 Å². The second-order valence-corrected chi connectivity index (χ2v) is 7.05. The van der Waals surface area contributed by atoms with Gasteiger partial charge in [0.25, 0.3) is 6.20 Å². The zero-order chi connectivity index (χ0) is 17.9. The van der Waals surface area contributed by atoms with E-state index in [0.717, 1.165) is 48.6 Å². The summed E-state index contributed by atoms with van der Waals surface area (Å²) in [6.45, 7) is 1.75. The fourth-order valence-electron chi connectivity index (χ4n) is 2.07. The number of aryl methyl sites for hydroxylation is 1. The van der Waals surface area contributed by atoms with Crippen LogP contribution in [-0.4, -0.2) is 54.7 Å². The van der Waals surface area contributed by atoms with Crippen LogP contribution in [0.5, 0.6) is 0 Å². The fraction of sp³-hybridized carbons (Fsp3) is 0.625. The molecule has 24 heavy (non-hydrogen) atoms. The molecule has 0 bridgehead atoms. The molecule has 1 rings (SSSR count). The van der Waals surface area contributed by atoms with Crippen molar-refractivity contribution >= 4 is 11.8 Å². The number of hydrogen-bond donors (Lipinski definition) is 1. The van der Waals surface area contributed by atoms with Crippen LogP contribution < -0.4 is 5.73 Å². The van der Waals surface area contributed by atoms with Gasteiger partial charge in [0.05, 0.1) is 10.7 Å². The van der Waals surface area contributed by atoms with Crippen molar-refractivity contribution < 1.29 is 9.34 Å². The number of rotatable bonds is 12. The normalized spacial score (nSPS) is 11.9. The highest BCUT2D eigenvalue weighted by molar-refractivity contribution is 7.98. The molecule has 1 heterocycles. The maximum Gasteiger partial charge on any atom is 0.274 e. The number of nitrogens with zero attached hydrogens (tertiary/aromatic N) is 3. The summed E-state index contributed by atoms with van der Waals surface area (Å²) >= 11 is 1.72. The molecule has 0 atom stereocenters. The monoisotopic (exact) mass is 356 g/mol. The highest BCUT2D eigenvalue weighted by Crippen LogP contribution is 2.17. The summed E-state index contributed by atoms with van der Waals surface area (Å²) in [6, 6.07) is 4.08. The van der Waals surface area contributed by atoms with Gasteiger partial charge in [0.15, 0.2) is 5.82 Å². The van der Waals surface area contributed by atoms with Gasteiger partial charge in [-0.05, 0) is 45.6 Å². The molecule has 2 N–H and O–H groups in total. The van der Waals surface area contributed by atoms with Crippen LogP contribution in [0.1, 0.15) is 24.4 Å². The van der Waals surface area contributed by atoms with Crippen LogP contribution in [0.4, 0.5) is 0 Å². The van der Waals surface area contributed by atoms with E-state index in [-0.39, 0.29) is 5.82 Å². The van der Waals surface area contributed by atoms with Gasteiger partial charge in [-0.1, -0.05) is 0 Å². The molecule has 136 valence electrons. The number of nitrogens with two attached hydrogens (primary N) is 1. The molecule has 0 saturated carbocycles. The minimum Gasteiger partial charge on any atom is -0.465 e. The molecular weight excluding hydrogens is 328 g/mol. The SMILES string of the molecule is CN(C)CCCCc1ccc(CSCCN(C)C(N)=C[N+](=O)[O-])o1. The Morgan fingerprint density at radius 2 is 2.00 bits per heavy atom. The van der Waals surface area contributed by atoms with Crippen molar-refractivity contribution in [2.45, 2.75) is 25.0 Å². The first-order chi connectivity index (χ1) is 11.4. The number of thioether (sulfide) groups is 1. The van der Waals surface area contributed by atoms with Crippen LogP contribution in [0.3, 0.4) is 0 Å². The molecule has 7 nitrogen and oxygen atoms in total. The molecule has 0 radical (unpaired) electrons. The van der Waals surface area contributed by atoms with Gasteiger partial charge in [-0.25, -0.2) is 0 Å². The lowest BCUT2D eigenvalue weighted by Crippen LogP contribution is -2.26. The predicted molar refractivity (Wildman–Crippen MR) is 98.3 cm³/mol. The third-order valence-corrected chi connectivity index (χ3v) is 4.45. The third-order valence-electron chi connectivity index (χ3n) is 3.49. The lowest BCUT2D eigenvalue weighted by atomic mass is 10.2. The first-order valence-electron chi connectivity index (χ1n) is 8.00. The van der Waals surface area contributed by atoms with E-state index in [1.807, 2.05) is 6.07 Å². The average molecular weight is 356 g/mol. The van der Waals surface area contributed by atoms with E-state index in [1.165, 1.54) is 6.42 Å². The fourth-order valence-corrected chi connectivity index (χ4v) is 2.98. The van der Waals surface area contributed by atoms with Gasteiger partial charge in [-0.15, -0.1) is 0 Å². The zero-order valence-electron chi connectivity index (χ0n) is 14.7. The first kappa shape index (κ1) is 20.4. The molecule has 0 aliphatic heterocycles. The molecule has 0 aliphatic rings. The van der Waals surface area contributed by atoms with Gasteiger partial charge in [0.2, 0.25) is 0 Å². The highest BCUT2D eigenvalue weighted by Gasteiger charge is 2.06. The third kappa shape index (κ3) is 8.83. The molecule has 8 heteroatoms. The van der Waals surface area contributed by atoms with Gasteiger partial charge in [0.1, 0.15) is 11.5 Å². The summed E-state index contributed by atoms with van der Waals surface area (Å²) in [5.74, 6) is 3.80. The van der Waals surface area contributed by atoms with Crippen molar-refractivity contribution in [3.63, 3.8) is 0 Å². The summed E-state index contributed by atoms with van der Waals surface area (Å²) in [7, 11) is 5.91. The second-order valence-electron chi connectivity index (χ2n) is 5.94. The molecule has 0 spiro atoms. The molecule has 0 unspecified atom stereocenters. The Labute approximate surface area is 148 Å². The molecule has 1 aromatic heterocycles. The van der Waals surface area contributed by atoms with Crippen LogP contribution >= 0.6 is 11.8 Å². The lowest BCUT2D eigenvalue weighted by molar-refractivity contribution is -0.404. The van der Waals surface area contributed by atoms with Crippen molar-refractivity contribution in [2.75, 3.05) is 40.0 Å². The van der Waals surface area contributed by atoms with Gasteiger partial charge >= 0.3 is 0 Å². The molecule has 0 saturated heterocycles. The van der Waals surface area contributed by atoms with E-state index in [0.29, 0.717) is 6.54 Å². The zero-order valence-corrected chi connectivity index (χ0v) is 15.6. The Hall–Kier alpha value is -1.67. The Kier molecular flexibility index (Phi) is 9.33. The van der Waals surface area contributed by atoms with Gasteiger partial charge in [0, 0.05) is 25.8 Å². The Morgan fingerprint density at radius 3 is 2.67 bits per heavy atom. The number of hydrogen-bond acceptors (Lipinski definition) is 7. The van der Waals surface area contributed by atoms with Crippen molar-refractivity contribution in [2.24, 2.45) is 5.73 Å². The molecule has 0 aromatic carbocycles. The molecular formula is C16H28N4O3S. The second kappa shape index (κ2) is 11.0. The van der Waals surface area contributed by atoms with Gasteiger partial charge < -0.3 is 20.0 Å². The van der Waals surface area contributed by atoms with Gasteiger partial charge in [-0.2, -0.15) is 11.8 Å².